The van der Waals surface area contributed by atoms with Crippen LogP contribution in [-0.4, -0.2) is 35.7 Å². The summed E-state index contributed by atoms with van der Waals surface area (Å²) in [5, 5.41) is 8.70. The molecule has 6 heteroatoms. The van der Waals surface area contributed by atoms with Crippen LogP contribution >= 0.6 is 0 Å². The van der Waals surface area contributed by atoms with Gasteiger partial charge >= 0.3 is 0 Å². The lowest BCUT2D eigenvalue weighted by molar-refractivity contribution is -0.122. The minimum atomic E-state index is -0.0125. The molecule has 2 aromatic heterocycles. The zero-order chi connectivity index (χ0) is 19.6. The van der Waals surface area contributed by atoms with Crippen LogP contribution in [0.2, 0.25) is 0 Å². The maximum atomic E-state index is 13.4. The number of carbonyl (C=O) groups excluding carboxylic acids is 1. The van der Waals surface area contributed by atoms with Crippen LogP contribution < -0.4 is 9.80 Å². The molecule has 1 unspecified atom stereocenters. The van der Waals surface area contributed by atoms with Crippen molar-refractivity contribution < 1.29 is 9.21 Å². The molecule has 1 aromatic carbocycles. The van der Waals surface area contributed by atoms with Gasteiger partial charge in [-0.3, -0.25) is 4.79 Å². The Balaban J connectivity index is 1.31. The van der Waals surface area contributed by atoms with E-state index in [-0.39, 0.29) is 11.8 Å². The maximum absolute atomic E-state index is 13.4. The lowest BCUT2D eigenvalue weighted by atomic mass is 9.94. The van der Waals surface area contributed by atoms with Crippen molar-refractivity contribution in [2.75, 3.05) is 29.4 Å². The van der Waals surface area contributed by atoms with E-state index in [0.717, 1.165) is 50.3 Å². The minimum absolute atomic E-state index is 0.0125. The van der Waals surface area contributed by atoms with E-state index in [1.54, 1.807) is 6.26 Å². The number of hydrogen-bond acceptors (Lipinski definition) is 5. The van der Waals surface area contributed by atoms with Crippen molar-refractivity contribution in [2.45, 2.75) is 25.7 Å². The van der Waals surface area contributed by atoms with Crippen molar-refractivity contribution in [3.05, 3.63) is 60.4 Å². The van der Waals surface area contributed by atoms with E-state index in [1.807, 2.05) is 35.2 Å². The van der Waals surface area contributed by atoms with Gasteiger partial charge < -0.3 is 14.2 Å². The molecule has 5 rings (SSSR count). The SMILES string of the molecule is O=C(C1CCCN(c2ccc(-c3ccco3)nn2)C1)N1CCCc2ccccc21. The number of anilines is 2. The first kappa shape index (κ1) is 17.9. The zero-order valence-electron chi connectivity index (χ0n) is 16.3. The summed E-state index contributed by atoms with van der Waals surface area (Å²) in [4.78, 5) is 17.5. The molecule has 1 fully saturated rings. The normalized spacial score (nSPS) is 19.1. The first-order chi connectivity index (χ1) is 14.3. The first-order valence-corrected chi connectivity index (χ1v) is 10.3. The number of rotatable bonds is 3. The Morgan fingerprint density at radius 2 is 1.93 bits per heavy atom. The number of amides is 1. The van der Waals surface area contributed by atoms with Gasteiger partial charge in [0.15, 0.2) is 11.6 Å². The molecule has 148 valence electrons. The second-order valence-corrected chi connectivity index (χ2v) is 7.76. The highest BCUT2D eigenvalue weighted by atomic mass is 16.3. The summed E-state index contributed by atoms with van der Waals surface area (Å²) in [6.45, 7) is 2.39. The van der Waals surface area contributed by atoms with Gasteiger partial charge in [-0.15, -0.1) is 10.2 Å². The Kier molecular flexibility index (Phi) is 4.76. The molecule has 0 radical (unpaired) electrons. The van der Waals surface area contributed by atoms with Gasteiger partial charge in [0.25, 0.3) is 0 Å². The van der Waals surface area contributed by atoms with Gasteiger partial charge in [0, 0.05) is 25.3 Å². The molecule has 29 heavy (non-hydrogen) atoms. The number of hydrogen-bond donors (Lipinski definition) is 0. The molecule has 0 saturated carbocycles. The Bertz CT molecular complexity index is 984. The Hall–Kier alpha value is -3.15. The summed E-state index contributed by atoms with van der Waals surface area (Å²) < 4.78 is 5.38. The first-order valence-electron chi connectivity index (χ1n) is 10.3. The molecular formula is C23H24N4O2. The van der Waals surface area contributed by atoms with Gasteiger partial charge in [-0.25, -0.2) is 0 Å². The lowest BCUT2D eigenvalue weighted by Gasteiger charge is -2.37. The van der Waals surface area contributed by atoms with Gasteiger partial charge in [0.1, 0.15) is 5.69 Å². The lowest BCUT2D eigenvalue weighted by Crippen LogP contribution is -2.46. The van der Waals surface area contributed by atoms with Crippen LogP contribution in [-0.2, 0) is 11.2 Å². The van der Waals surface area contributed by atoms with Gasteiger partial charge in [-0.05, 0) is 61.6 Å². The van der Waals surface area contributed by atoms with Crippen molar-refractivity contribution >= 4 is 17.4 Å². The monoisotopic (exact) mass is 388 g/mol. The smallest absolute Gasteiger partial charge is 0.231 e. The van der Waals surface area contributed by atoms with Crippen LogP contribution in [0.1, 0.15) is 24.8 Å². The molecule has 3 aromatic rings. The minimum Gasteiger partial charge on any atom is -0.463 e. The van der Waals surface area contributed by atoms with Crippen molar-refractivity contribution in [3.8, 4) is 11.5 Å². The fourth-order valence-electron chi connectivity index (χ4n) is 4.42. The largest absolute Gasteiger partial charge is 0.463 e. The van der Waals surface area contributed by atoms with Crippen molar-refractivity contribution in [1.82, 2.24) is 10.2 Å². The average Bonchev–Trinajstić information content (AvgIpc) is 3.33. The predicted octanol–water partition coefficient (Wildman–Crippen LogP) is 3.93. The van der Waals surface area contributed by atoms with Crippen LogP contribution in [0, 0.1) is 5.92 Å². The van der Waals surface area contributed by atoms with E-state index in [9.17, 15) is 4.79 Å². The summed E-state index contributed by atoms with van der Waals surface area (Å²) in [6, 6.07) is 15.9. The number of aryl methyl sites for hydroxylation is 1. The van der Waals surface area contributed by atoms with Gasteiger partial charge in [-0.1, -0.05) is 18.2 Å². The number of nitrogens with zero attached hydrogens (tertiary/aromatic N) is 4. The third kappa shape index (κ3) is 3.50. The predicted molar refractivity (Wildman–Crippen MR) is 112 cm³/mol. The van der Waals surface area contributed by atoms with E-state index < -0.39 is 0 Å². The standard InChI is InChI=1S/C23H24N4O2/c28-23(27-14-4-7-17-6-1-2-9-20(17)27)18-8-3-13-26(16-18)22-12-11-19(24-25-22)21-10-5-15-29-21/h1-2,5-6,9-12,15,18H,3-4,7-8,13-14,16H2. The summed E-state index contributed by atoms with van der Waals surface area (Å²) in [5.74, 6) is 1.75. The third-order valence-electron chi connectivity index (χ3n) is 5.89. The number of fused-ring (bicyclic) bond motifs is 1. The molecule has 1 atom stereocenters. The van der Waals surface area contributed by atoms with Gasteiger partial charge in [0.05, 0.1) is 12.2 Å². The summed E-state index contributed by atoms with van der Waals surface area (Å²) in [7, 11) is 0. The average molecular weight is 388 g/mol. The van der Waals surface area contributed by atoms with E-state index in [0.29, 0.717) is 18.0 Å². The molecule has 0 bridgehead atoms. The van der Waals surface area contributed by atoms with Crippen LogP contribution in [0.5, 0.6) is 0 Å². The molecule has 0 N–H and O–H groups in total. The molecule has 0 spiro atoms. The van der Waals surface area contributed by atoms with Crippen LogP contribution in [0.15, 0.2) is 59.2 Å². The van der Waals surface area contributed by atoms with Crippen molar-refractivity contribution in [1.29, 1.82) is 0 Å². The van der Waals surface area contributed by atoms with E-state index >= 15 is 0 Å². The van der Waals surface area contributed by atoms with Gasteiger partial charge in [-0.2, -0.15) is 0 Å². The van der Waals surface area contributed by atoms with Gasteiger partial charge in [0.2, 0.25) is 5.91 Å². The molecule has 0 aliphatic carbocycles. The summed E-state index contributed by atoms with van der Waals surface area (Å²) >= 11 is 0. The van der Waals surface area contributed by atoms with E-state index in [2.05, 4.69) is 33.3 Å². The molecule has 2 aliphatic rings. The molecule has 1 amide bonds. The molecule has 6 nitrogen and oxygen atoms in total. The highest BCUT2D eigenvalue weighted by molar-refractivity contribution is 5.96. The van der Waals surface area contributed by atoms with Crippen molar-refractivity contribution in [3.63, 3.8) is 0 Å². The second kappa shape index (κ2) is 7.70. The number of para-hydroxylation sites is 1. The van der Waals surface area contributed by atoms with Crippen LogP contribution in [0.25, 0.3) is 11.5 Å². The summed E-state index contributed by atoms with van der Waals surface area (Å²) in [6.07, 6.45) is 5.61. The highest BCUT2D eigenvalue weighted by Crippen LogP contribution is 2.31. The highest BCUT2D eigenvalue weighted by Gasteiger charge is 2.32. The Labute approximate surface area is 170 Å². The topological polar surface area (TPSA) is 62.5 Å². The third-order valence-corrected chi connectivity index (χ3v) is 5.89. The number of piperidine rings is 1. The molecular weight excluding hydrogens is 364 g/mol. The van der Waals surface area contributed by atoms with Crippen molar-refractivity contribution in [2.24, 2.45) is 5.92 Å². The van der Waals surface area contributed by atoms with E-state index in [1.165, 1.54) is 5.56 Å². The molecule has 2 aliphatic heterocycles. The number of aromatic nitrogens is 2. The van der Waals surface area contributed by atoms with Crippen LogP contribution in [0.4, 0.5) is 11.5 Å². The Morgan fingerprint density at radius 1 is 1.00 bits per heavy atom. The zero-order valence-corrected chi connectivity index (χ0v) is 16.3. The number of benzene rings is 1. The maximum Gasteiger partial charge on any atom is 0.231 e. The quantitative estimate of drug-likeness (QED) is 0.680. The second-order valence-electron chi connectivity index (χ2n) is 7.76. The fraction of sp³-hybridized carbons (Fsp3) is 0.348. The molecule has 4 heterocycles. The summed E-state index contributed by atoms with van der Waals surface area (Å²) in [5.41, 5.74) is 3.08. The number of carbonyl (C=O) groups is 1. The van der Waals surface area contributed by atoms with Crippen LogP contribution in [0.3, 0.4) is 0 Å². The molecule has 1 saturated heterocycles. The van der Waals surface area contributed by atoms with E-state index in [4.69, 9.17) is 4.42 Å². The number of furan rings is 1. The Morgan fingerprint density at radius 3 is 2.76 bits per heavy atom. The fourth-order valence-corrected chi connectivity index (χ4v) is 4.42.